The van der Waals surface area contributed by atoms with Crippen LogP contribution in [-0.4, -0.2) is 25.0 Å². The maximum atomic E-state index is 13.1. The monoisotopic (exact) mass is 421 g/mol. The molecule has 0 unspecified atom stereocenters. The van der Waals surface area contributed by atoms with Gasteiger partial charge < -0.3 is 10.1 Å². The smallest absolute Gasteiger partial charge is 0.305 e. The first kappa shape index (κ1) is 18.9. The topological polar surface area (TPSA) is 55.4 Å². The molecule has 0 saturated heterocycles. The highest BCUT2D eigenvalue weighted by molar-refractivity contribution is 14.1. The van der Waals surface area contributed by atoms with E-state index in [4.69, 9.17) is 4.74 Å². The van der Waals surface area contributed by atoms with Gasteiger partial charge >= 0.3 is 5.97 Å². The highest BCUT2D eigenvalue weighted by Gasteiger charge is 2.10. The largest absolute Gasteiger partial charge is 0.466 e. The second-order valence-corrected chi connectivity index (χ2v) is 6.01. The molecule has 0 aliphatic heterocycles. The number of hydrogen-bond acceptors (Lipinski definition) is 3. The lowest BCUT2D eigenvalue weighted by atomic mass is 10.1. The van der Waals surface area contributed by atoms with Crippen molar-refractivity contribution in [2.75, 3.05) is 13.2 Å². The quantitative estimate of drug-likeness (QED) is 0.376. The summed E-state index contributed by atoms with van der Waals surface area (Å²) in [6.45, 7) is 2.76. The third-order valence-corrected chi connectivity index (χ3v) is 4.01. The van der Waals surface area contributed by atoms with Crippen LogP contribution >= 0.6 is 22.6 Å². The maximum absolute atomic E-state index is 13.1. The maximum Gasteiger partial charge on any atom is 0.305 e. The second kappa shape index (κ2) is 10.5. The molecule has 0 radical (unpaired) electrons. The minimum atomic E-state index is -0.412. The summed E-state index contributed by atoms with van der Waals surface area (Å²) in [4.78, 5) is 23.1. The van der Waals surface area contributed by atoms with Crippen LogP contribution in [0.5, 0.6) is 0 Å². The summed E-state index contributed by atoms with van der Waals surface area (Å²) in [7, 11) is 0. The molecule has 1 rings (SSSR count). The van der Waals surface area contributed by atoms with Gasteiger partial charge in [-0.25, -0.2) is 4.39 Å². The fourth-order valence-corrected chi connectivity index (χ4v) is 2.53. The molecule has 0 saturated carbocycles. The first-order chi connectivity index (χ1) is 10.5. The van der Waals surface area contributed by atoms with E-state index in [9.17, 15) is 14.0 Å². The molecule has 1 amide bonds. The Bertz CT molecular complexity index is 508. The third kappa shape index (κ3) is 7.20. The van der Waals surface area contributed by atoms with Crippen LogP contribution in [0.15, 0.2) is 18.2 Å². The summed E-state index contributed by atoms with van der Waals surface area (Å²) in [5.74, 6) is -0.823. The van der Waals surface area contributed by atoms with E-state index in [1.165, 1.54) is 12.1 Å². The number of carbonyl (C=O) groups excluding carboxylic acids is 2. The van der Waals surface area contributed by atoms with Crippen molar-refractivity contribution >= 4 is 34.5 Å². The Balaban J connectivity index is 2.15. The van der Waals surface area contributed by atoms with Crippen LogP contribution in [0.2, 0.25) is 0 Å². The van der Waals surface area contributed by atoms with Crippen LogP contribution in [0, 0.1) is 9.39 Å². The van der Waals surface area contributed by atoms with Gasteiger partial charge in [-0.15, -0.1) is 0 Å². The van der Waals surface area contributed by atoms with E-state index < -0.39 is 5.82 Å². The van der Waals surface area contributed by atoms with E-state index in [0.29, 0.717) is 25.1 Å². The number of rotatable bonds is 9. The van der Waals surface area contributed by atoms with Crippen LogP contribution in [0.3, 0.4) is 0 Å². The Morgan fingerprint density at radius 2 is 1.95 bits per heavy atom. The van der Waals surface area contributed by atoms with Crippen molar-refractivity contribution in [2.45, 2.75) is 39.0 Å². The van der Waals surface area contributed by atoms with Crippen LogP contribution in [0.4, 0.5) is 4.39 Å². The summed E-state index contributed by atoms with van der Waals surface area (Å²) < 4.78 is 18.7. The van der Waals surface area contributed by atoms with Gasteiger partial charge in [-0.3, -0.25) is 9.59 Å². The summed E-state index contributed by atoms with van der Waals surface area (Å²) in [5, 5.41) is 2.78. The number of nitrogens with one attached hydrogen (secondary N) is 1. The van der Waals surface area contributed by atoms with Crippen LogP contribution in [-0.2, 0) is 9.53 Å². The first-order valence-corrected chi connectivity index (χ1v) is 8.51. The van der Waals surface area contributed by atoms with Gasteiger partial charge in [0.1, 0.15) is 5.82 Å². The minimum absolute atomic E-state index is 0.156. The zero-order chi connectivity index (χ0) is 16.4. The number of unbranched alkanes of at least 4 members (excludes halogenated alkanes) is 3. The molecule has 0 aliphatic rings. The first-order valence-electron chi connectivity index (χ1n) is 7.43. The van der Waals surface area contributed by atoms with Crippen molar-refractivity contribution < 1.29 is 18.7 Å². The molecule has 6 heteroatoms. The SMILES string of the molecule is CCOC(=O)CCCCCCNC(=O)c1cc(F)ccc1I. The number of halogens is 2. The number of amides is 1. The standard InChI is InChI=1S/C16H21FINO3/c1-2-22-15(20)7-5-3-4-6-10-19-16(21)13-11-12(17)8-9-14(13)18/h8-9,11H,2-7,10H2,1H3,(H,19,21). The molecule has 4 nitrogen and oxygen atoms in total. The van der Waals surface area contributed by atoms with Crippen molar-refractivity contribution in [1.82, 2.24) is 5.32 Å². The van der Waals surface area contributed by atoms with E-state index in [1.54, 1.807) is 13.0 Å². The van der Waals surface area contributed by atoms with Gasteiger partial charge in [-0.1, -0.05) is 12.8 Å². The molecule has 0 heterocycles. The lowest BCUT2D eigenvalue weighted by Gasteiger charge is -2.07. The fourth-order valence-electron chi connectivity index (χ4n) is 1.95. The van der Waals surface area contributed by atoms with E-state index in [2.05, 4.69) is 5.32 Å². The zero-order valence-corrected chi connectivity index (χ0v) is 14.8. The predicted molar refractivity (Wildman–Crippen MR) is 91.2 cm³/mol. The van der Waals surface area contributed by atoms with Gasteiger partial charge in [0.15, 0.2) is 0 Å². The number of ether oxygens (including phenoxy) is 1. The number of hydrogen-bond donors (Lipinski definition) is 1. The van der Waals surface area contributed by atoms with Gasteiger partial charge in [-0.2, -0.15) is 0 Å². The minimum Gasteiger partial charge on any atom is -0.466 e. The Hall–Kier alpha value is -1.18. The van der Waals surface area contributed by atoms with Crippen LogP contribution < -0.4 is 5.32 Å². The van der Waals surface area contributed by atoms with E-state index in [-0.39, 0.29) is 11.9 Å². The lowest BCUT2D eigenvalue weighted by Crippen LogP contribution is -2.25. The average Bonchev–Trinajstić information content (AvgIpc) is 2.48. The van der Waals surface area contributed by atoms with Crippen LogP contribution in [0.25, 0.3) is 0 Å². The number of benzene rings is 1. The van der Waals surface area contributed by atoms with Crippen molar-refractivity contribution in [2.24, 2.45) is 0 Å². The molecule has 1 N–H and O–H groups in total. The van der Waals surface area contributed by atoms with Gasteiger partial charge in [0.05, 0.1) is 12.2 Å². The highest BCUT2D eigenvalue weighted by atomic mass is 127. The summed E-state index contributed by atoms with van der Waals surface area (Å²) >= 11 is 2.01. The number of esters is 1. The molecule has 22 heavy (non-hydrogen) atoms. The molecule has 0 spiro atoms. The lowest BCUT2D eigenvalue weighted by molar-refractivity contribution is -0.143. The Labute approximate surface area is 143 Å². The van der Waals surface area contributed by atoms with Crippen molar-refractivity contribution in [3.05, 3.63) is 33.1 Å². The molecule has 0 atom stereocenters. The van der Waals surface area contributed by atoms with Crippen molar-refractivity contribution in [3.8, 4) is 0 Å². The Kier molecular flexibility index (Phi) is 9.03. The molecule has 1 aromatic rings. The van der Waals surface area contributed by atoms with E-state index in [0.717, 1.165) is 29.3 Å². The third-order valence-electron chi connectivity index (χ3n) is 3.07. The van der Waals surface area contributed by atoms with E-state index in [1.807, 2.05) is 22.6 Å². The molecule has 0 aliphatic carbocycles. The van der Waals surface area contributed by atoms with Crippen LogP contribution in [0.1, 0.15) is 49.4 Å². The van der Waals surface area contributed by atoms with Gasteiger partial charge in [0.25, 0.3) is 5.91 Å². The summed E-state index contributed by atoms with van der Waals surface area (Å²) in [6, 6.07) is 4.17. The molecule has 122 valence electrons. The molecule has 1 aromatic carbocycles. The average molecular weight is 421 g/mol. The van der Waals surface area contributed by atoms with Crippen molar-refractivity contribution in [1.29, 1.82) is 0 Å². The highest BCUT2D eigenvalue weighted by Crippen LogP contribution is 2.13. The van der Waals surface area contributed by atoms with Gasteiger partial charge in [-0.05, 0) is 60.6 Å². The summed E-state index contributed by atoms with van der Waals surface area (Å²) in [6.07, 6.45) is 3.93. The molecule has 0 fully saturated rings. The molecule has 0 bridgehead atoms. The summed E-state index contributed by atoms with van der Waals surface area (Å²) in [5.41, 5.74) is 0.364. The molecule has 0 aromatic heterocycles. The number of carbonyl (C=O) groups is 2. The van der Waals surface area contributed by atoms with Crippen molar-refractivity contribution in [3.63, 3.8) is 0 Å². The predicted octanol–water partition coefficient (Wildman–Crippen LogP) is 3.67. The fraction of sp³-hybridized carbons (Fsp3) is 0.500. The second-order valence-electron chi connectivity index (χ2n) is 4.85. The van der Waals surface area contributed by atoms with Gasteiger partial charge in [0, 0.05) is 16.5 Å². The Morgan fingerprint density at radius 3 is 2.68 bits per heavy atom. The zero-order valence-electron chi connectivity index (χ0n) is 12.7. The molecular weight excluding hydrogens is 400 g/mol. The Morgan fingerprint density at radius 1 is 1.23 bits per heavy atom. The van der Waals surface area contributed by atoms with E-state index >= 15 is 0 Å². The normalized spacial score (nSPS) is 10.3. The van der Waals surface area contributed by atoms with Gasteiger partial charge in [0.2, 0.25) is 0 Å². The molecular formula is C16H21FINO3.